The molecule has 0 saturated carbocycles. The molecule has 8 heteroatoms. The highest BCUT2D eigenvalue weighted by atomic mass is 32.2. The number of thiophene rings is 1. The standard InChI is InChI=1S/C13H14N2O4S2/c14-21(18,19)8-9-1-3-11(4-2-9)15-6-12-5-10(7-20-12)13(16)17/h1-5,7,15H,6,8H2,(H,16,17)(H2,14,18,19). The van der Waals surface area contributed by atoms with Gasteiger partial charge in [0.05, 0.1) is 11.3 Å². The largest absolute Gasteiger partial charge is 0.478 e. The van der Waals surface area contributed by atoms with Crippen LogP contribution in [0.3, 0.4) is 0 Å². The van der Waals surface area contributed by atoms with Gasteiger partial charge in [0.15, 0.2) is 0 Å². The van der Waals surface area contributed by atoms with Crippen LogP contribution in [0.1, 0.15) is 20.8 Å². The minimum Gasteiger partial charge on any atom is -0.478 e. The van der Waals surface area contributed by atoms with Crippen LogP contribution in [0, 0.1) is 0 Å². The molecule has 0 aliphatic rings. The van der Waals surface area contributed by atoms with Crippen molar-refractivity contribution in [1.29, 1.82) is 0 Å². The van der Waals surface area contributed by atoms with Gasteiger partial charge in [-0.2, -0.15) is 0 Å². The maximum absolute atomic E-state index is 11.0. The Labute approximate surface area is 126 Å². The average molecular weight is 326 g/mol. The molecule has 0 aliphatic carbocycles. The first kappa shape index (κ1) is 15.5. The molecule has 2 aromatic rings. The molecule has 0 saturated heterocycles. The Kier molecular flexibility index (Phi) is 4.61. The first-order valence-corrected chi connectivity index (χ1v) is 8.57. The predicted octanol–water partition coefficient (Wildman–Crippen LogP) is 1.85. The second-order valence-corrected chi connectivity index (χ2v) is 7.07. The van der Waals surface area contributed by atoms with E-state index in [0.29, 0.717) is 12.1 Å². The highest BCUT2D eigenvalue weighted by Crippen LogP contribution is 2.17. The van der Waals surface area contributed by atoms with Crippen molar-refractivity contribution in [2.75, 3.05) is 5.32 Å². The Morgan fingerprint density at radius 1 is 1.29 bits per heavy atom. The zero-order chi connectivity index (χ0) is 15.5. The fourth-order valence-electron chi connectivity index (χ4n) is 1.73. The van der Waals surface area contributed by atoms with Crippen LogP contribution in [0.25, 0.3) is 0 Å². The van der Waals surface area contributed by atoms with Crippen LogP contribution < -0.4 is 10.5 Å². The van der Waals surface area contributed by atoms with E-state index in [1.807, 2.05) is 0 Å². The summed E-state index contributed by atoms with van der Waals surface area (Å²) in [5.41, 5.74) is 1.71. The molecular weight excluding hydrogens is 312 g/mol. The summed E-state index contributed by atoms with van der Waals surface area (Å²) in [5.74, 6) is -1.13. The number of primary sulfonamides is 1. The predicted molar refractivity (Wildman–Crippen MR) is 81.9 cm³/mol. The van der Waals surface area contributed by atoms with E-state index in [1.54, 1.807) is 35.7 Å². The number of benzene rings is 1. The van der Waals surface area contributed by atoms with Crippen LogP contribution in [0.5, 0.6) is 0 Å². The van der Waals surface area contributed by atoms with E-state index < -0.39 is 16.0 Å². The molecule has 0 spiro atoms. The number of nitrogens with two attached hydrogens (primary N) is 1. The molecule has 6 nitrogen and oxygen atoms in total. The molecule has 0 bridgehead atoms. The van der Waals surface area contributed by atoms with E-state index in [0.717, 1.165) is 10.6 Å². The highest BCUT2D eigenvalue weighted by molar-refractivity contribution is 7.88. The van der Waals surface area contributed by atoms with Gasteiger partial charge in [0, 0.05) is 22.5 Å². The van der Waals surface area contributed by atoms with Gasteiger partial charge < -0.3 is 10.4 Å². The summed E-state index contributed by atoms with van der Waals surface area (Å²) in [7, 11) is -3.53. The van der Waals surface area contributed by atoms with Gasteiger partial charge in [-0.15, -0.1) is 11.3 Å². The minimum absolute atomic E-state index is 0.194. The molecule has 1 aromatic heterocycles. The van der Waals surface area contributed by atoms with Gasteiger partial charge in [0.25, 0.3) is 0 Å². The van der Waals surface area contributed by atoms with Crippen molar-refractivity contribution in [3.05, 3.63) is 51.7 Å². The number of aromatic carboxylic acids is 1. The van der Waals surface area contributed by atoms with Crippen molar-refractivity contribution < 1.29 is 18.3 Å². The second-order valence-electron chi connectivity index (χ2n) is 4.46. The van der Waals surface area contributed by atoms with E-state index >= 15 is 0 Å². The minimum atomic E-state index is -3.53. The summed E-state index contributed by atoms with van der Waals surface area (Å²) in [6.07, 6.45) is 0. The van der Waals surface area contributed by atoms with E-state index in [2.05, 4.69) is 5.32 Å². The van der Waals surface area contributed by atoms with Crippen molar-refractivity contribution in [1.82, 2.24) is 0 Å². The SMILES string of the molecule is NS(=O)(=O)Cc1ccc(NCc2cc(C(=O)O)cs2)cc1. The van der Waals surface area contributed by atoms with Crippen molar-refractivity contribution in [2.45, 2.75) is 12.3 Å². The zero-order valence-corrected chi connectivity index (χ0v) is 12.6. The first-order valence-electron chi connectivity index (χ1n) is 5.97. The number of carbonyl (C=O) groups is 1. The zero-order valence-electron chi connectivity index (χ0n) is 10.9. The lowest BCUT2D eigenvalue weighted by Gasteiger charge is -2.06. The monoisotopic (exact) mass is 326 g/mol. The molecule has 112 valence electrons. The van der Waals surface area contributed by atoms with Gasteiger partial charge in [0.1, 0.15) is 0 Å². The summed E-state index contributed by atoms with van der Waals surface area (Å²) >= 11 is 1.37. The van der Waals surface area contributed by atoms with Crippen LogP contribution in [0.2, 0.25) is 0 Å². The van der Waals surface area contributed by atoms with Gasteiger partial charge in [-0.05, 0) is 23.8 Å². The van der Waals surface area contributed by atoms with E-state index in [-0.39, 0.29) is 11.3 Å². The lowest BCUT2D eigenvalue weighted by atomic mass is 10.2. The molecule has 21 heavy (non-hydrogen) atoms. The van der Waals surface area contributed by atoms with Gasteiger partial charge >= 0.3 is 5.97 Å². The number of hydrogen-bond acceptors (Lipinski definition) is 5. The third kappa shape index (κ3) is 4.85. The lowest BCUT2D eigenvalue weighted by molar-refractivity contribution is 0.0697. The molecule has 4 N–H and O–H groups in total. The smallest absolute Gasteiger partial charge is 0.336 e. The highest BCUT2D eigenvalue weighted by Gasteiger charge is 2.07. The molecule has 0 radical (unpaired) electrons. The number of carboxylic acid groups (broad SMARTS) is 1. The Morgan fingerprint density at radius 3 is 2.48 bits per heavy atom. The van der Waals surface area contributed by atoms with Gasteiger partial charge in [-0.25, -0.2) is 18.4 Å². The van der Waals surface area contributed by atoms with Gasteiger partial charge in [-0.1, -0.05) is 12.1 Å². The number of nitrogens with one attached hydrogen (secondary N) is 1. The van der Waals surface area contributed by atoms with Crippen molar-refractivity contribution in [3.63, 3.8) is 0 Å². The lowest BCUT2D eigenvalue weighted by Crippen LogP contribution is -2.14. The number of hydrogen-bond donors (Lipinski definition) is 3. The fraction of sp³-hybridized carbons (Fsp3) is 0.154. The second kappa shape index (κ2) is 6.25. The maximum Gasteiger partial charge on any atom is 0.336 e. The molecule has 0 fully saturated rings. The topological polar surface area (TPSA) is 109 Å². The van der Waals surface area contributed by atoms with Crippen LogP contribution in [0.15, 0.2) is 35.7 Å². The normalized spacial score (nSPS) is 11.3. The molecule has 1 aromatic carbocycles. The number of anilines is 1. The van der Waals surface area contributed by atoms with Crippen LogP contribution in [0.4, 0.5) is 5.69 Å². The number of carboxylic acids is 1. The third-order valence-corrected chi connectivity index (χ3v) is 4.36. The summed E-state index contributed by atoms with van der Waals surface area (Å²) in [6.45, 7) is 0.506. The molecular formula is C13H14N2O4S2. The van der Waals surface area contributed by atoms with Crippen molar-refractivity contribution in [3.8, 4) is 0 Å². The molecule has 2 rings (SSSR count). The van der Waals surface area contributed by atoms with E-state index in [4.69, 9.17) is 10.2 Å². The van der Waals surface area contributed by atoms with Gasteiger partial charge in [-0.3, -0.25) is 0 Å². The van der Waals surface area contributed by atoms with E-state index in [1.165, 1.54) is 11.3 Å². The molecule has 0 aliphatic heterocycles. The number of rotatable bonds is 6. The Bertz CT molecular complexity index is 736. The maximum atomic E-state index is 11.0. The van der Waals surface area contributed by atoms with Crippen LogP contribution in [-0.4, -0.2) is 19.5 Å². The van der Waals surface area contributed by atoms with Crippen molar-refractivity contribution >= 4 is 33.0 Å². The molecule has 0 atom stereocenters. The van der Waals surface area contributed by atoms with Crippen LogP contribution in [-0.2, 0) is 22.3 Å². The average Bonchev–Trinajstić information content (AvgIpc) is 2.85. The van der Waals surface area contributed by atoms with Gasteiger partial charge in [0.2, 0.25) is 10.0 Å². The third-order valence-electron chi connectivity index (χ3n) is 2.69. The van der Waals surface area contributed by atoms with E-state index in [9.17, 15) is 13.2 Å². The quantitative estimate of drug-likeness (QED) is 0.750. The summed E-state index contributed by atoms with van der Waals surface area (Å²) < 4.78 is 21.9. The molecule has 0 unspecified atom stereocenters. The molecule has 1 heterocycles. The molecule has 0 amide bonds. The number of sulfonamides is 1. The summed E-state index contributed by atoms with van der Waals surface area (Å²) in [6, 6.07) is 8.50. The first-order chi connectivity index (χ1) is 9.83. The van der Waals surface area contributed by atoms with Crippen molar-refractivity contribution in [2.24, 2.45) is 5.14 Å². The Balaban J connectivity index is 1.95. The summed E-state index contributed by atoms with van der Waals surface area (Å²) in [4.78, 5) is 11.7. The fourth-order valence-corrected chi connectivity index (χ4v) is 3.18. The Morgan fingerprint density at radius 2 is 1.95 bits per heavy atom. The van der Waals surface area contributed by atoms with Crippen LogP contribution >= 0.6 is 11.3 Å². The summed E-state index contributed by atoms with van der Waals surface area (Å²) in [5, 5.41) is 18.5. The Hall–Kier alpha value is -1.90.